The largest absolute Gasteiger partial charge is 0.393 e. The van der Waals surface area contributed by atoms with Crippen LogP contribution in [0.1, 0.15) is 64.4 Å². The average molecular weight is 420 g/mol. The first kappa shape index (κ1) is 21.0. The van der Waals surface area contributed by atoms with E-state index in [2.05, 4.69) is 55.2 Å². The lowest BCUT2D eigenvalue weighted by Gasteiger charge is -2.56. The Labute approximate surface area is 187 Å². The SMILES string of the molecule is CN(C)c1ccc(/C=C2\CC3C4CC=C5CC(O)CC[C@]5(C)C4CC[C@]3(C)C2=O)cc1. The van der Waals surface area contributed by atoms with E-state index in [9.17, 15) is 9.90 Å². The zero-order valence-corrected chi connectivity index (χ0v) is 19.5. The summed E-state index contributed by atoms with van der Waals surface area (Å²) in [7, 11) is 4.10. The highest BCUT2D eigenvalue weighted by atomic mass is 16.3. The van der Waals surface area contributed by atoms with Crippen LogP contribution in [0.25, 0.3) is 6.08 Å². The Bertz CT molecular complexity index is 942. The first-order valence-corrected chi connectivity index (χ1v) is 12.1. The minimum Gasteiger partial charge on any atom is -0.393 e. The molecule has 0 aliphatic heterocycles. The predicted octanol–water partition coefficient (Wildman–Crippen LogP) is 5.64. The van der Waals surface area contributed by atoms with E-state index in [0.717, 1.165) is 56.1 Å². The molecule has 6 atom stereocenters. The molecule has 5 rings (SSSR count). The van der Waals surface area contributed by atoms with Crippen molar-refractivity contribution >= 4 is 17.5 Å². The summed E-state index contributed by atoms with van der Waals surface area (Å²) in [6.07, 6.45) is 11.5. The Balaban J connectivity index is 1.44. The number of hydrogen-bond donors (Lipinski definition) is 1. The van der Waals surface area contributed by atoms with Crippen LogP contribution in [0.2, 0.25) is 0 Å². The van der Waals surface area contributed by atoms with Gasteiger partial charge in [0.2, 0.25) is 0 Å². The molecule has 3 heteroatoms. The number of benzene rings is 1. The number of ketones is 1. The monoisotopic (exact) mass is 419 g/mol. The maximum Gasteiger partial charge on any atom is 0.165 e. The third-order valence-electron chi connectivity index (χ3n) is 9.47. The van der Waals surface area contributed by atoms with Crippen molar-refractivity contribution in [2.75, 3.05) is 19.0 Å². The molecule has 0 spiro atoms. The number of hydrogen-bond acceptors (Lipinski definition) is 3. The van der Waals surface area contributed by atoms with Gasteiger partial charge in [0.25, 0.3) is 0 Å². The van der Waals surface area contributed by atoms with Gasteiger partial charge in [-0.1, -0.05) is 37.6 Å². The van der Waals surface area contributed by atoms with Crippen molar-refractivity contribution in [1.29, 1.82) is 0 Å². The van der Waals surface area contributed by atoms with Crippen molar-refractivity contribution < 1.29 is 9.90 Å². The third kappa shape index (κ3) is 3.23. The molecule has 1 aromatic carbocycles. The van der Waals surface area contributed by atoms with E-state index >= 15 is 0 Å². The molecule has 0 radical (unpaired) electrons. The van der Waals surface area contributed by atoms with Crippen LogP contribution in [0, 0.1) is 28.6 Å². The summed E-state index contributed by atoms with van der Waals surface area (Å²) in [4.78, 5) is 15.7. The van der Waals surface area contributed by atoms with Gasteiger partial charge in [-0.05, 0) is 97.5 Å². The maximum absolute atomic E-state index is 13.6. The molecule has 3 nitrogen and oxygen atoms in total. The fourth-order valence-electron chi connectivity index (χ4n) is 7.51. The molecule has 31 heavy (non-hydrogen) atoms. The van der Waals surface area contributed by atoms with Crippen LogP contribution in [0.5, 0.6) is 0 Å². The van der Waals surface area contributed by atoms with E-state index < -0.39 is 0 Å². The highest BCUT2D eigenvalue weighted by Crippen LogP contribution is 2.64. The summed E-state index contributed by atoms with van der Waals surface area (Å²) < 4.78 is 0. The van der Waals surface area contributed by atoms with Crippen molar-refractivity contribution in [3.63, 3.8) is 0 Å². The summed E-state index contributed by atoms with van der Waals surface area (Å²) in [5.41, 5.74) is 4.86. The lowest BCUT2D eigenvalue weighted by Crippen LogP contribution is -2.50. The van der Waals surface area contributed by atoms with Crippen LogP contribution in [0.3, 0.4) is 0 Å². The van der Waals surface area contributed by atoms with Gasteiger partial charge in [0.15, 0.2) is 5.78 Å². The fraction of sp³-hybridized carbons (Fsp3) is 0.607. The molecule has 0 heterocycles. The summed E-state index contributed by atoms with van der Waals surface area (Å²) in [5, 5.41) is 10.2. The normalized spacial score (nSPS) is 40.7. The fourth-order valence-corrected chi connectivity index (χ4v) is 7.51. The number of rotatable bonds is 2. The molecule has 0 amide bonds. The van der Waals surface area contributed by atoms with Crippen LogP contribution in [-0.4, -0.2) is 31.1 Å². The van der Waals surface area contributed by atoms with Crippen LogP contribution in [-0.2, 0) is 4.79 Å². The topological polar surface area (TPSA) is 40.5 Å². The van der Waals surface area contributed by atoms with E-state index in [1.54, 1.807) is 0 Å². The van der Waals surface area contributed by atoms with E-state index in [4.69, 9.17) is 0 Å². The van der Waals surface area contributed by atoms with Crippen LogP contribution < -0.4 is 4.90 Å². The Morgan fingerprint density at radius 2 is 1.71 bits per heavy atom. The lowest BCUT2D eigenvalue weighted by molar-refractivity contribution is -0.130. The predicted molar refractivity (Wildman–Crippen MR) is 127 cm³/mol. The van der Waals surface area contributed by atoms with Crippen LogP contribution in [0.15, 0.2) is 41.5 Å². The number of aliphatic hydroxyl groups excluding tert-OH is 1. The summed E-state index contributed by atoms with van der Waals surface area (Å²) in [5.74, 6) is 2.09. The molecule has 0 bridgehead atoms. The van der Waals surface area contributed by atoms with Crippen molar-refractivity contribution in [2.24, 2.45) is 28.6 Å². The second kappa shape index (κ2) is 7.33. The molecule has 0 saturated heterocycles. The zero-order chi connectivity index (χ0) is 22.0. The molecule has 1 N–H and O–H groups in total. The molecule has 4 unspecified atom stereocenters. The number of anilines is 1. The van der Waals surface area contributed by atoms with Crippen molar-refractivity contribution in [2.45, 2.75) is 64.9 Å². The van der Waals surface area contributed by atoms with Gasteiger partial charge in [-0.2, -0.15) is 0 Å². The van der Waals surface area contributed by atoms with Gasteiger partial charge in [0.05, 0.1) is 6.10 Å². The number of fused-ring (bicyclic) bond motifs is 5. The highest BCUT2D eigenvalue weighted by molar-refractivity contribution is 6.06. The Morgan fingerprint density at radius 1 is 1.00 bits per heavy atom. The molecule has 3 saturated carbocycles. The number of carbonyl (C=O) groups excluding carboxylic acids is 1. The second-order valence-electron chi connectivity index (χ2n) is 11.3. The highest BCUT2D eigenvalue weighted by Gasteiger charge is 2.59. The molecular weight excluding hydrogens is 382 g/mol. The van der Waals surface area contributed by atoms with E-state index in [1.165, 1.54) is 11.3 Å². The van der Waals surface area contributed by atoms with Gasteiger partial charge in [-0.25, -0.2) is 0 Å². The molecule has 3 fully saturated rings. The van der Waals surface area contributed by atoms with Gasteiger partial charge in [0.1, 0.15) is 0 Å². The van der Waals surface area contributed by atoms with Crippen LogP contribution in [0.4, 0.5) is 5.69 Å². The van der Waals surface area contributed by atoms with Gasteiger partial charge in [0, 0.05) is 25.2 Å². The van der Waals surface area contributed by atoms with Crippen LogP contribution >= 0.6 is 0 Å². The molecule has 166 valence electrons. The lowest BCUT2D eigenvalue weighted by atomic mass is 9.48. The molecule has 0 aromatic heterocycles. The zero-order valence-electron chi connectivity index (χ0n) is 19.5. The third-order valence-corrected chi connectivity index (χ3v) is 9.47. The maximum atomic E-state index is 13.6. The van der Waals surface area contributed by atoms with Crippen molar-refractivity contribution in [3.8, 4) is 0 Å². The standard InChI is InChI=1S/C28H37NO2/c1-27-13-11-22(30)17-20(27)7-10-23-24(27)12-14-28(2)25(23)16-19(26(28)31)15-18-5-8-21(9-6-18)29(3)4/h5-9,15,22-25,30H,10-14,16-17H2,1-4H3/b19-15+/t22?,23?,24?,25?,27-,28-/m0/s1. The number of carbonyl (C=O) groups is 1. The van der Waals surface area contributed by atoms with Gasteiger partial charge in [-0.15, -0.1) is 0 Å². The summed E-state index contributed by atoms with van der Waals surface area (Å²) in [6.45, 7) is 4.70. The van der Waals surface area contributed by atoms with Gasteiger partial charge < -0.3 is 10.0 Å². The first-order chi connectivity index (χ1) is 14.7. The number of nitrogens with zero attached hydrogens (tertiary/aromatic N) is 1. The van der Waals surface area contributed by atoms with Gasteiger partial charge >= 0.3 is 0 Å². The Hall–Kier alpha value is -1.87. The number of Topliss-reactive ketones (excluding diaryl/α,β-unsaturated/α-hetero) is 1. The van der Waals surface area contributed by atoms with E-state index in [1.807, 2.05) is 14.1 Å². The number of aliphatic hydroxyl groups is 1. The summed E-state index contributed by atoms with van der Waals surface area (Å²) >= 11 is 0. The molecule has 1 aromatic rings. The van der Waals surface area contributed by atoms with Gasteiger partial charge in [-0.3, -0.25) is 4.79 Å². The molecule has 4 aliphatic carbocycles. The second-order valence-corrected chi connectivity index (χ2v) is 11.3. The van der Waals surface area contributed by atoms with E-state index in [0.29, 0.717) is 23.5 Å². The average Bonchev–Trinajstić information content (AvgIpc) is 2.99. The first-order valence-electron chi connectivity index (χ1n) is 12.1. The van der Waals surface area contributed by atoms with Crippen molar-refractivity contribution in [3.05, 3.63) is 47.1 Å². The number of allylic oxidation sites excluding steroid dienone is 2. The van der Waals surface area contributed by atoms with E-state index in [-0.39, 0.29) is 16.9 Å². The quantitative estimate of drug-likeness (QED) is 0.498. The van der Waals surface area contributed by atoms with Crippen molar-refractivity contribution in [1.82, 2.24) is 0 Å². The molecular formula is C28H37NO2. The Morgan fingerprint density at radius 3 is 2.42 bits per heavy atom. The Kier molecular flexibility index (Phi) is 4.97. The minimum atomic E-state index is -0.202. The summed E-state index contributed by atoms with van der Waals surface area (Å²) in [6, 6.07) is 8.52. The minimum absolute atomic E-state index is 0.161. The molecule has 4 aliphatic rings. The smallest absolute Gasteiger partial charge is 0.165 e.